The molecule has 1 N–H and O–H groups in total. The van der Waals surface area contributed by atoms with Gasteiger partial charge in [-0.1, -0.05) is 29.4 Å². The molecule has 0 saturated carbocycles. The number of anilines is 1. The molecule has 2 aromatic carbocycles. The molecule has 0 aliphatic heterocycles. The van der Waals surface area contributed by atoms with Gasteiger partial charge in [0.25, 0.3) is 0 Å². The molecule has 10 heteroatoms. The second-order valence-electron chi connectivity index (χ2n) is 6.90. The molecule has 0 bridgehead atoms. The Bertz CT molecular complexity index is 1200. The van der Waals surface area contributed by atoms with Gasteiger partial charge in [0.05, 0.1) is 20.0 Å². The molecule has 2 heterocycles. The lowest BCUT2D eigenvalue weighted by Crippen LogP contribution is -2.15. The van der Waals surface area contributed by atoms with Crippen LogP contribution in [0.3, 0.4) is 0 Å². The van der Waals surface area contributed by atoms with Crippen LogP contribution in [0.1, 0.15) is 10.7 Å². The topological polar surface area (TPSA) is 78.3 Å². The van der Waals surface area contributed by atoms with E-state index in [4.69, 9.17) is 21.1 Å². The standard InChI is InChI=1S/C23H21ClN4O3S2/c1-30-18-10-16(11-19(12-18)31-2)25-22(29)14-33-23-27-26-21(13-20-4-3-9-32-20)28(23)17-7-5-15(24)6-8-17/h3-12H,13-14H2,1-2H3,(H,25,29). The van der Waals surface area contributed by atoms with Crippen LogP contribution in [0.2, 0.25) is 5.02 Å². The molecular weight excluding hydrogens is 480 g/mol. The van der Waals surface area contributed by atoms with E-state index in [1.54, 1.807) is 43.8 Å². The zero-order valence-corrected chi connectivity index (χ0v) is 20.3. The summed E-state index contributed by atoms with van der Waals surface area (Å²) in [6.45, 7) is 0. The summed E-state index contributed by atoms with van der Waals surface area (Å²) in [6, 6.07) is 16.8. The van der Waals surface area contributed by atoms with Gasteiger partial charge in [-0.05, 0) is 35.7 Å². The molecule has 4 aromatic rings. The number of thiophene rings is 1. The Morgan fingerprint density at radius 1 is 1.09 bits per heavy atom. The summed E-state index contributed by atoms with van der Waals surface area (Å²) in [6.07, 6.45) is 0.643. The Labute approximate surface area is 204 Å². The molecule has 0 radical (unpaired) electrons. The predicted octanol–water partition coefficient (Wildman–Crippen LogP) is 5.32. The van der Waals surface area contributed by atoms with E-state index in [0.717, 1.165) is 11.5 Å². The number of benzene rings is 2. The molecule has 0 aliphatic rings. The van der Waals surface area contributed by atoms with Crippen LogP contribution in [0.15, 0.2) is 65.1 Å². The number of thioether (sulfide) groups is 1. The summed E-state index contributed by atoms with van der Waals surface area (Å²) < 4.78 is 12.5. The Kier molecular flexibility index (Phi) is 7.54. The van der Waals surface area contributed by atoms with Crippen LogP contribution in [0, 0.1) is 0 Å². The molecule has 7 nitrogen and oxygen atoms in total. The summed E-state index contributed by atoms with van der Waals surface area (Å²) in [4.78, 5) is 13.8. The third kappa shape index (κ3) is 5.87. The van der Waals surface area contributed by atoms with Gasteiger partial charge in [0, 0.05) is 45.9 Å². The normalized spacial score (nSPS) is 10.8. The lowest BCUT2D eigenvalue weighted by atomic mass is 10.2. The van der Waals surface area contributed by atoms with Gasteiger partial charge in [0.1, 0.15) is 17.3 Å². The number of nitrogens with zero attached hydrogens (tertiary/aromatic N) is 3. The third-order valence-electron chi connectivity index (χ3n) is 4.67. The van der Waals surface area contributed by atoms with E-state index in [0.29, 0.717) is 33.8 Å². The van der Waals surface area contributed by atoms with Crippen molar-refractivity contribution in [2.24, 2.45) is 0 Å². The van der Waals surface area contributed by atoms with Gasteiger partial charge in [0.2, 0.25) is 5.91 Å². The second-order valence-corrected chi connectivity index (χ2v) is 9.32. The fourth-order valence-electron chi connectivity index (χ4n) is 3.13. The van der Waals surface area contributed by atoms with E-state index in [2.05, 4.69) is 21.6 Å². The summed E-state index contributed by atoms with van der Waals surface area (Å²) >= 11 is 9.05. The van der Waals surface area contributed by atoms with Gasteiger partial charge in [-0.25, -0.2) is 0 Å². The first-order chi connectivity index (χ1) is 16.1. The highest BCUT2D eigenvalue weighted by atomic mass is 35.5. The summed E-state index contributed by atoms with van der Waals surface area (Å²) in [5.41, 5.74) is 1.48. The lowest BCUT2D eigenvalue weighted by molar-refractivity contribution is -0.113. The number of ether oxygens (including phenoxy) is 2. The summed E-state index contributed by atoms with van der Waals surface area (Å²) in [5.74, 6) is 1.96. The van der Waals surface area contributed by atoms with E-state index in [1.165, 1.54) is 16.6 Å². The van der Waals surface area contributed by atoms with Crippen molar-refractivity contribution in [3.8, 4) is 17.2 Å². The van der Waals surface area contributed by atoms with Gasteiger partial charge >= 0.3 is 0 Å². The van der Waals surface area contributed by atoms with Crippen LogP contribution in [0.25, 0.3) is 5.69 Å². The highest BCUT2D eigenvalue weighted by Gasteiger charge is 2.17. The number of nitrogens with one attached hydrogen (secondary N) is 1. The van der Waals surface area contributed by atoms with Gasteiger partial charge < -0.3 is 14.8 Å². The fourth-order valence-corrected chi connectivity index (χ4v) is 4.73. The van der Waals surface area contributed by atoms with Crippen molar-refractivity contribution in [1.82, 2.24) is 14.8 Å². The Balaban J connectivity index is 1.52. The molecule has 0 atom stereocenters. The monoisotopic (exact) mass is 500 g/mol. The number of aromatic nitrogens is 3. The number of hydrogen-bond acceptors (Lipinski definition) is 7. The molecule has 33 heavy (non-hydrogen) atoms. The van der Waals surface area contributed by atoms with Crippen LogP contribution in [-0.2, 0) is 11.2 Å². The minimum atomic E-state index is -0.180. The predicted molar refractivity (Wildman–Crippen MR) is 132 cm³/mol. The molecule has 2 aromatic heterocycles. The van der Waals surface area contributed by atoms with Crippen LogP contribution in [-0.4, -0.2) is 40.6 Å². The number of hydrogen-bond donors (Lipinski definition) is 1. The van der Waals surface area contributed by atoms with E-state index in [-0.39, 0.29) is 11.7 Å². The van der Waals surface area contributed by atoms with Crippen molar-refractivity contribution in [3.05, 3.63) is 75.7 Å². The van der Waals surface area contributed by atoms with E-state index in [1.807, 2.05) is 40.3 Å². The molecule has 0 unspecified atom stereocenters. The van der Waals surface area contributed by atoms with Crippen molar-refractivity contribution in [3.63, 3.8) is 0 Å². The molecular formula is C23H21ClN4O3S2. The van der Waals surface area contributed by atoms with Crippen molar-refractivity contribution in [1.29, 1.82) is 0 Å². The van der Waals surface area contributed by atoms with Crippen LogP contribution in [0.5, 0.6) is 11.5 Å². The number of rotatable bonds is 9. The highest BCUT2D eigenvalue weighted by Crippen LogP contribution is 2.28. The second kappa shape index (κ2) is 10.7. The van der Waals surface area contributed by atoms with Gasteiger partial charge in [0.15, 0.2) is 5.16 Å². The zero-order chi connectivity index (χ0) is 23.2. The largest absolute Gasteiger partial charge is 0.497 e. The molecule has 4 rings (SSSR count). The van der Waals surface area contributed by atoms with E-state index in [9.17, 15) is 4.79 Å². The fraction of sp³-hybridized carbons (Fsp3) is 0.174. The van der Waals surface area contributed by atoms with Crippen LogP contribution in [0.4, 0.5) is 5.69 Å². The average Bonchev–Trinajstić information content (AvgIpc) is 3.48. The van der Waals surface area contributed by atoms with Gasteiger partial charge in [-0.3, -0.25) is 9.36 Å². The van der Waals surface area contributed by atoms with E-state index >= 15 is 0 Å². The van der Waals surface area contributed by atoms with Crippen molar-refractivity contribution in [2.45, 2.75) is 11.6 Å². The molecule has 0 spiro atoms. The van der Waals surface area contributed by atoms with Crippen molar-refractivity contribution < 1.29 is 14.3 Å². The summed E-state index contributed by atoms with van der Waals surface area (Å²) in [7, 11) is 3.13. The maximum Gasteiger partial charge on any atom is 0.234 e. The lowest BCUT2D eigenvalue weighted by Gasteiger charge is -2.11. The third-order valence-corrected chi connectivity index (χ3v) is 6.72. The number of carbonyl (C=O) groups excluding carboxylic acids is 1. The van der Waals surface area contributed by atoms with Gasteiger partial charge in [-0.15, -0.1) is 21.5 Å². The molecule has 0 saturated heterocycles. The first kappa shape index (κ1) is 23.2. The van der Waals surface area contributed by atoms with Crippen molar-refractivity contribution in [2.75, 3.05) is 25.3 Å². The van der Waals surface area contributed by atoms with Crippen molar-refractivity contribution >= 4 is 46.3 Å². The van der Waals surface area contributed by atoms with E-state index < -0.39 is 0 Å². The maximum atomic E-state index is 12.7. The summed E-state index contributed by atoms with van der Waals surface area (Å²) in [5, 5.41) is 14.9. The number of halogens is 1. The first-order valence-electron chi connectivity index (χ1n) is 9.94. The molecule has 170 valence electrons. The van der Waals surface area contributed by atoms with Gasteiger partial charge in [-0.2, -0.15) is 0 Å². The highest BCUT2D eigenvalue weighted by molar-refractivity contribution is 7.99. The van der Waals surface area contributed by atoms with Crippen LogP contribution < -0.4 is 14.8 Å². The first-order valence-corrected chi connectivity index (χ1v) is 12.2. The Morgan fingerprint density at radius 2 is 1.82 bits per heavy atom. The Hall–Kier alpha value is -3.01. The molecule has 1 amide bonds. The number of carbonyl (C=O) groups is 1. The maximum absolute atomic E-state index is 12.7. The molecule has 0 fully saturated rings. The quantitative estimate of drug-likeness (QED) is 0.313. The zero-order valence-electron chi connectivity index (χ0n) is 17.9. The SMILES string of the molecule is COc1cc(NC(=O)CSc2nnc(Cc3cccs3)n2-c2ccc(Cl)cc2)cc(OC)c1. The average molecular weight is 501 g/mol. The Morgan fingerprint density at radius 3 is 2.45 bits per heavy atom. The minimum absolute atomic E-state index is 0.157. The van der Waals surface area contributed by atoms with Crippen LogP contribution >= 0.6 is 34.7 Å². The molecule has 0 aliphatic carbocycles. The number of amides is 1. The minimum Gasteiger partial charge on any atom is -0.497 e. The number of methoxy groups -OCH3 is 2. The smallest absolute Gasteiger partial charge is 0.234 e.